The van der Waals surface area contributed by atoms with E-state index in [9.17, 15) is 8.42 Å². The standard InChI is InChI=1S/C19H21N3O4S/c1-4-22(27(23,24)17-10-8-16(25-3)9-11-17)13-18-20-19(21-26-18)15-7-5-6-14(2)12-15/h5-12H,4,13H2,1-3H3. The maximum Gasteiger partial charge on any atom is 0.243 e. The monoisotopic (exact) mass is 387 g/mol. The van der Waals surface area contributed by atoms with Gasteiger partial charge in [0.1, 0.15) is 5.75 Å². The fourth-order valence-electron chi connectivity index (χ4n) is 2.63. The summed E-state index contributed by atoms with van der Waals surface area (Å²) in [5.74, 6) is 1.27. The smallest absolute Gasteiger partial charge is 0.243 e. The van der Waals surface area contributed by atoms with E-state index in [1.807, 2.05) is 31.2 Å². The van der Waals surface area contributed by atoms with Crippen molar-refractivity contribution in [2.24, 2.45) is 0 Å². The number of nitrogens with zero attached hydrogens (tertiary/aromatic N) is 3. The Bertz CT molecular complexity index is 1010. The van der Waals surface area contributed by atoms with Crippen LogP contribution in [0, 0.1) is 6.92 Å². The molecule has 0 spiro atoms. The molecule has 0 unspecified atom stereocenters. The van der Waals surface area contributed by atoms with Crippen LogP contribution in [0.1, 0.15) is 18.4 Å². The number of aryl methyl sites for hydroxylation is 1. The van der Waals surface area contributed by atoms with Crippen molar-refractivity contribution in [2.45, 2.75) is 25.3 Å². The molecule has 1 aromatic heterocycles. The van der Waals surface area contributed by atoms with Gasteiger partial charge in [0.05, 0.1) is 18.6 Å². The maximum absolute atomic E-state index is 12.9. The Kier molecular flexibility index (Phi) is 5.57. The van der Waals surface area contributed by atoms with Gasteiger partial charge in [0, 0.05) is 12.1 Å². The van der Waals surface area contributed by atoms with Crippen molar-refractivity contribution in [3.8, 4) is 17.1 Å². The number of ether oxygens (including phenoxy) is 1. The molecule has 27 heavy (non-hydrogen) atoms. The van der Waals surface area contributed by atoms with Crippen molar-refractivity contribution in [1.29, 1.82) is 0 Å². The number of hydrogen-bond donors (Lipinski definition) is 0. The topological polar surface area (TPSA) is 85.5 Å². The van der Waals surface area contributed by atoms with Gasteiger partial charge in [-0.2, -0.15) is 9.29 Å². The number of aromatic nitrogens is 2. The Labute approximate surface area is 158 Å². The predicted octanol–water partition coefficient (Wildman–Crippen LogP) is 3.26. The molecule has 0 aliphatic rings. The molecule has 0 N–H and O–H groups in total. The summed E-state index contributed by atoms with van der Waals surface area (Å²) in [5, 5.41) is 3.97. The Morgan fingerprint density at radius 1 is 1.15 bits per heavy atom. The predicted molar refractivity (Wildman–Crippen MR) is 101 cm³/mol. The van der Waals surface area contributed by atoms with Gasteiger partial charge in [-0.05, 0) is 37.3 Å². The number of rotatable bonds is 7. The van der Waals surface area contributed by atoms with E-state index in [4.69, 9.17) is 9.26 Å². The minimum absolute atomic E-state index is 0.00365. The molecule has 8 heteroatoms. The van der Waals surface area contributed by atoms with Crippen molar-refractivity contribution in [2.75, 3.05) is 13.7 Å². The molecule has 3 aromatic rings. The van der Waals surface area contributed by atoms with Crippen LogP contribution in [0.4, 0.5) is 0 Å². The van der Waals surface area contributed by atoms with Crippen LogP contribution in [-0.2, 0) is 16.6 Å². The molecule has 0 aliphatic carbocycles. The number of methoxy groups -OCH3 is 1. The Balaban J connectivity index is 1.82. The first-order chi connectivity index (χ1) is 12.9. The van der Waals surface area contributed by atoms with E-state index < -0.39 is 10.0 Å². The second-order valence-corrected chi connectivity index (χ2v) is 7.93. The molecule has 1 heterocycles. The highest BCUT2D eigenvalue weighted by Gasteiger charge is 2.25. The van der Waals surface area contributed by atoms with E-state index in [2.05, 4.69) is 10.1 Å². The van der Waals surface area contributed by atoms with Crippen LogP contribution in [0.25, 0.3) is 11.4 Å². The average molecular weight is 387 g/mol. The van der Waals surface area contributed by atoms with Gasteiger partial charge in [-0.3, -0.25) is 0 Å². The molecular formula is C19H21N3O4S. The second kappa shape index (κ2) is 7.89. The second-order valence-electron chi connectivity index (χ2n) is 5.99. The zero-order chi connectivity index (χ0) is 19.4. The molecule has 0 amide bonds. The fraction of sp³-hybridized carbons (Fsp3) is 0.263. The van der Waals surface area contributed by atoms with Crippen LogP contribution >= 0.6 is 0 Å². The summed E-state index contributed by atoms with van der Waals surface area (Å²) in [6.45, 7) is 4.02. The lowest BCUT2D eigenvalue weighted by Crippen LogP contribution is -2.30. The molecule has 0 bridgehead atoms. The van der Waals surface area contributed by atoms with Crippen molar-refractivity contribution in [3.63, 3.8) is 0 Å². The van der Waals surface area contributed by atoms with Crippen molar-refractivity contribution >= 4 is 10.0 Å². The highest BCUT2D eigenvalue weighted by molar-refractivity contribution is 7.89. The van der Waals surface area contributed by atoms with Crippen LogP contribution in [-0.4, -0.2) is 36.5 Å². The minimum Gasteiger partial charge on any atom is -0.497 e. The first-order valence-corrected chi connectivity index (χ1v) is 9.92. The van der Waals surface area contributed by atoms with E-state index in [0.717, 1.165) is 11.1 Å². The minimum atomic E-state index is -3.69. The average Bonchev–Trinajstić information content (AvgIpc) is 3.15. The molecule has 0 saturated heterocycles. The molecule has 0 radical (unpaired) electrons. The van der Waals surface area contributed by atoms with E-state index in [-0.39, 0.29) is 23.9 Å². The van der Waals surface area contributed by atoms with Gasteiger partial charge in [0.2, 0.25) is 21.7 Å². The molecule has 3 rings (SSSR count). The molecular weight excluding hydrogens is 366 g/mol. The van der Waals surface area contributed by atoms with Crippen LogP contribution in [0.2, 0.25) is 0 Å². The molecule has 0 fully saturated rings. The summed E-state index contributed by atoms with van der Waals surface area (Å²) in [7, 11) is -2.16. The van der Waals surface area contributed by atoms with E-state index in [1.54, 1.807) is 19.1 Å². The summed E-state index contributed by atoms with van der Waals surface area (Å²) in [6.07, 6.45) is 0. The van der Waals surface area contributed by atoms with Gasteiger partial charge in [-0.15, -0.1) is 0 Å². The Morgan fingerprint density at radius 3 is 2.52 bits per heavy atom. The van der Waals surface area contributed by atoms with Gasteiger partial charge >= 0.3 is 0 Å². The SMILES string of the molecule is CCN(Cc1nc(-c2cccc(C)c2)no1)S(=O)(=O)c1ccc(OC)cc1. The normalized spacial score (nSPS) is 11.7. The van der Waals surface area contributed by atoms with Crippen LogP contribution in [0.5, 0.6) is 5.75 Å². The molecule has 0 saturated carbocycles. The lowest BCUT2D eigenvalue weighted by Gasteiger charge is -2.18. The fourth-order valence-corrected chi connectivity index (χ4v) is 4.03. The quantitative estimate of drug-likeness (QED) is 0.618. The summed E-state index contributed by atoms with van der Waals surface area (Å²) in [4.78, 5) is 4.52. The van der Waals surface area contributed by atoms with Gasteiger partial charge < -0.3 is 9.26 Å². The maximum atomic E-state index is 12.9. The molecule has 0 aliphatic heterocycles. The third-order valence-electron chi connectivity index (χ3n) is 4.11. The van der Waals surface area contributed by atoms with Gasteiger partial charge in [-0.1, -0.05) is 35.8 Å². The van der Waals surface area contributed by atoms with Gasteiger partial charge in [0.15, 0.2) is 0 Å². The first-order valence-electron chi connectivity index (χ1n) is 8.48. The Hall–Kier alpha value is -2.71. The van der Waals surface area contributed by atoms with E-state index >= 15 is 0 Å². The number of sulfonamides is 1. The van der Waals surface area contributed by atoms with E-state index in [0.29, 0.717) is 11.6 Å². The lowest BCUT2D eigenvalue weighted by molar-refractivity contribution is 0.321. The highest BCUT2D eigenvalue weighted by atomic mass is 32.2. The Morgan fingerprint density at radius 2 is 1.89 bits per heavy atom. The molecule has 7 nitrogen and oxygen atoms in total. The largest absolute Gasteiger partial charge is 0.497 e. The molecule has 142 valence electrons. The van der Waals surface area contributed by atoms with Crippen molar-refractivity contribution in [3.05, 3.63) is 60.0 Å². The third kappa shape index (κ3) is 4.17. The summed E-state index contributed by atoms with van der Waals surface area (Å²) >= 11 is 0. The summed E-state index contributed by atoms with van der Waals surface area (Å²) < 4.78 is 37.4. The first kappa shape index (κ1) is 19.1. The number of hydrogen-bond acceptors (Lipinski definition) is 6. The van der Waals surface area contributed by atoms with Crippen molar-refractivity contribution < 1.29 is 17.7 Å². The van der Waals surface area contributed by atoms with Crippen LogP contribution < -0.4 is 4.74 Å². The van der Waals surface area contributed by atoms with Crippen LogP contribution in [0.3, 0.4) is 0 Å². The number of benzene rings is 2. The lowest BCUT2D eigenvalue weighted by atomic mass is 10.1. The van der Waals surface area contributed by atoms with E-state index in [1.165, 1.54) is 23.5 Å². The highest BCUT2D eigenvalue weighted by Crippen LogP contribution is 2.22. The third-order valence-corrected chi connectivity index (χ3v) is 6.04. The summed E-state index contributed by atoms with van der Waals surface area (Å²) in [6, 6.07) is 14.0. The van der Waals surface area contributed by atoms with Crippen molar-refractivity contribution in [1.82, 2.24) is 14.4 Å². The molecule has 0 atom stereocenters. The zero-order valence-electron chi connectivity index (χ0n) is 15.4. The molecule has 2 aromatic carbocycles. The van der Waals surface area contributed by atoms with Gasteiger partial charge in [-0.25, -0.2) is 8.42 Å². The zero-order valence-corrected chi connectivity index (χ0v) is 16.2. The van der Waals surface area contributed by atoms with Gasteiger partial charge in [0.25, 0.3) is 0 Å². The summed E-state index contributed by atoms with van der Waals surface area (Å²) in [5.41, 5.74) is 1.90. The van der Waals surface area contributed by atoms with Crippen LogP contribution in [0.15, 0.2) is 57.9 Å².